The van der Waals surface area contributed by atoms with Crippen molar-refractivity contribution in [1.29, 1.82) is 0 Å². The fourth-order valence-electron chi connectivity index (χ4n) is 2.73. The van der Waals surface area contributed by atoms with E-state index >= 15 is 0 Å². The summed E-state index contributed by atoms with van der Waals surface area (Å²) in [6, 6.07) is 10.6. The van der Waals surface area contributed by atoms with Crippen LogP contribution >= 0.6 is 11.8 Å². The highest BCUT2D eigenvalue weighted by Crippen LogP contribution is 2.25. The molecule has 2 rings (SSSR count). The van der Waals surface area contributed by atoms with Crippen molar-refractivity contribution in [2.75, 3.05) is 46.5 Å². The number of aliphatic imine (C=N–C) groups is 1. The molecule has 0 radical (unpaired) electrons. The predicted octanol–water partition coefficient (Wildman–Crippen LogP) is 2.15. The van der Waals surface area contributed by atoms with Crippen LogP contribution in [0.1, 0.15) is 12.8 Å². The molecule has 0 aliphatic carbocycles. The number of carbonyl (C=O) groups is 1. The van der Waals surface area contributed by atoms with Crippen LogP contribution in [0.5, 0.6) is 0 Å². The Balaban J connectivity index is 1.73. The van der Waals surface area contributed by atoms with Crippen LogP contribution in [0.15, 0.2) is 40.2 Å². The van der Waals surface area contributed by atoms with Gasteiger partial charge in [-0.25, -0.2) is 0 Å². The fourth-order valence-corrected chi connectivity index (χ4v) is 3.78. The quantitative estimate of drug-likeness (QED) is 0.486. The first-order valence-electron chi connectivity index (χ1n) is 8.43. The third kappa shape index (κ3) is 5.74. The molecule has 132 valence electrons. The summed E-state index contributed by atoms with van der Waals surface area (Å²) in [6.07, 6.45) is 1.68. The molecule has 1 amide bonds. The largest absolute Gasteiger partial charge is 0.356 e. The van der Waals surface area contributed by atoms with Crippen molar-refractivity contribution in [3.05, 3.63) is 30.3 Å². The number of carbonyl (C=O) groups excluding carboxylic acids is 1. The van der Waals surface area contributed by atoms with Crippen molar-refractivity contribution in [2.24, 2.45) is 10.9 Å². The molecule has 1 atom stereocenters. The van der Waals surface area contributed by atoms with Crippen molar-refractivity contribution in [2.45, 2.75) is 17.7 Å². The Morgan fingerprint density at radius 1 is 1.38 bits per heavy atom. The zero-order chi connectivity index (χ0) is 17.4. The summed E-state index contributed by atoms with van der Waals surface area (Å²) >= 11 is 1.93. The Morgan fingerprint density at radius 3 is 2.79 bits per heavy atom. The van der Waals surface area contributed by atoms with Crippen LogP contribution in [0.2, 0.25) is 0 Å². The molecule has 1 aromatic carbocycles. The van der Waals surface area contributed by atoms with E-state index in [-0.39, 0.29) is 5.91 Å². The maximum absolute atomic E-state index is 11.6. The van der Waals surface area contributed by atoms with Crippen molar-refractivity contribution < 1.29 is 4.79 Å². The van der Waals surface area contributed by atoms with Crippen LogP contribution in [0.25, 0.3) is 0 Å². The monoisotopic (exact) mass is 348 g/mol. The number of nitrogens with zero attached hydrogens (tertiary/aromatic N) is 3. The number of hydrogen-bond acceptors (Lipinski definition) is 3. The zero-order valence-electron chi connectivity index (χ0n) is 14.9. The van der Waals surface area contributed by atoms with Gasteiger partial charge in [0.15, 0.2) is 5.96 Å². The van der Waals surface area contributed by atoms with Gasteiger partial charge in [-0.2, -0.15) is 0 Å². The third-order valence-corrected chi connectivity index (χ3v) is 5.39. The summed E-state index contributed by atoms with van der Waals surface area (Å²) in [5.74, 6) is 2.86. The SMILES string of the molecule is CN=C(NCCC(=O)N(C)C)N1CCC(CSc2ccccc2)C1. The molecule has 0 saturated carbocycles. The minimum atomic E-state index is 0.136. The molecular formula is C18H28N4OS. The average Bonchev–Trinajstić information content (AvgIpc) is 3.06. The Morgan fingerprint density at radius 2 is 2.12 bits per heavy atom. The Labute approximate surface area is 149 Å². The van der Waals surface area contributed by atoms with Crippen molar-refractivity contribution >= 4 is 23.6 Å². The topological polar surface area (TPSA) is 47.9 Å². The molecule has 1 aromatic rings. The van der Waals surface area contributed by atoms with E-state index in [1.165, 1.54) is 11.3 Å². The van der Waals surface area contributed by atoms with Crippen molar-refractivity contribution in [3.63, 3.8) is 0 Å². The van der Waals surface area contributed by atoms with Crippen LogP contribution in [-0.2, 0) is 4.79 Å². The van der Waals surface area contributed by atoms with Crippen LogP contribution < -0.4 is 5.32 Å². The molecule has 1 saturated heterocycles. The molecule has 1 aliphatic heterocycles. The first-order chi connectivity index (χ1) is 11.6. The van der Waals surface area contributed by atoms with Gasteiger partial charge in [-0.1, -0.05) is 18.2 Å². The number of thioether (sulfide) groups is 1. The molecule has 24 heavy (non-hydrogen) atoms. The second-order valence-corrected chi connectivity index (χ2v) is 7.33. The van der Waals surface area contributed by atoms with Gasteiger partial charge in [0.2, 0.25) is 5.91 Å². The number of benzene rings is 1. The summed E-state index contributed by atoms with van der Waals surface area (Å²) < 4.78 is 0. The van der Waals surface area contributed by atoms with Gasteiger partial charge in [0.1, 0.15) is 0 Å². The average molecular weight is 349 g/mol. The molecule has 0 bridgehead atoms. The summed E-state index contributed by atoms with van der Waals surface area (Å²) in [7, 11) is 5.38. The minimum Gasteiger partial charge on any atom is -0.356 e. The van der Waals surface area contributed by atoms with Gasteiger partial charge in [-0.05, 0) is 24.5 Å². The minimum absolute atomic E-state index is 0.136. The van der Waals surface area contributed by atoms with Crippen LogP contribution in [0.3, 0.4) is 0 Å². The zero-order valence-corrected chi connectivity index (χ0v) is 15.7. The standard InChI is InChI=1S/C18H28N4OS/c1-19-18(20-11-9-17(23)21(2)3)22-12-10-15(13-22)14-24-16-7-5-4-6-8-16/h4-8,15H,9-14H2,1-3H3,(H,19,20). The van der Waals surface area contributed by atoms with E-state index in [1.54, 1.807) is 19.0 Å². The summed E-state index contributed by atoms with van der Waals surface area (Å²) in [5, 5.41) is 3.31. The highest BCUT2D eigenvalue weighted by Gasteiger charge is 2.24. The number of likely N-dealkylation sites (tertiary alicyclic amines) is 1. The molecule has 1 fully saturated rings. The molecule has 0 aromatic heterocycles. The number of amides is 1. The second kappa shape index (κ2) is 9.57. The number of rotatable bonds is 6. The smallest absolute Gasteiger partial charge is 0.223 e. The van der Waals surface area contributed by atoms with E-state index in [9.17, 15) is 4.79 Å². The molecule has 6 heteroatoms. The third-order valence-electron chi connectivity index (χ3n) is 4.15. The first kappa shape index (κ1) is 18.6. The molecular weight excluding hydrogens is 320 g/mol. The fraction of sp³-hybridized carbons (Fsp3) is 0.556. The highest BCUT2D eigenvalue weighted by molar-refractivity contribution is 7.99. The molecule has 1 aliphatic rings. The molecule has 1 unspecified atom stereocenters. The first-order valence-corrected chi connectivity index (χ1v) is 9.42. The lowest BCUT2D eigenvalue weighted by Gasteiger charge is -2.22. The van der Waals surface area contributed by atoms with E-state index in [1.807, 2.05) is 18.8 Å². The summed E-state index contributed by atoms with van der Waals surface area (Å²) in [5.41, 5.74) is 0. The predicted molar refractivity (Wildman–Crippen MR) is 102 cm³/mol. The second-order valence-electron chi connectivity index (χ2n) is 6.24. The van der Waals surface area contributed by atoms with Crippen LogP contribution in [0.4, 0.5) is 0 Å². The molecule has 5 nitrogen and oxygen atoms in total. The lowest BCUT2D eigenvalue weighted by atomic mass is 10.2. The number of guanidine groups is 1. The molecule has 0 spiro atoms. The Kier molecular flexibility index (Phi) is 7.43. The van der Waals surface area contributed by atoms with Gasteiger partial charge in [-0.15, -0.1) is 11.8 Å². The summed E-state index contributed by atoms with van der Waals surface area (Å²) in [4.78, 5) is 21.3. The molecule has 1 heterocycles. The van der Waals surface area contributed by atoms with Gasteiger partial charge in [0, 0.05) is 57.8 Å². The lowest BCUT2D eigenvalue weighted by molar-refractivity contribution is -0.128. The van der Waals surface area contributed by atoms with E-state index in [4.69, 9.17) is 0 Å². The van der Waals surface area contributed by atoms with E-state index in [0.717, 1.165) is 24.8 Å². The number of nitrogens with one attached hydrogen (secondary N) is 1. The van der Waals surface area contributed by atoms with Gasteiger partial charge in [0.05, 0.1) is 0 Å². The maximum atomic E-state index is 11.6. The van der Waals surface area contributed by atoms with Gasteiger partial charge < -0.3 is 15.1 Å². The van der Waals surface area contributed by atoms with E-state index in [0.29, 0.717) is 18.9 Å². The van der Waals surface area contributed by atoms with E-state index < -0.39 is 0 Å². The Bertz CT molecular complexity index is 547. The lowest BCUT2D eigenvalue weighted by Crippen LogP contribution is -2.41. The maximum Gasteiger partial charge on any atom is 0.223 e. The van der Waals surface area contributed by atoms with Gasteiger partial charge in [0.25, 0.3) is 0 Å². The van der Waals surface area contributed by atoms with Gasteiger partial charge in [-0.3, -0.25) is 9.79 Å². The summed E-state index contributed by atoms with van der Waals surface area (Å²) in [6.45, 7) is 2.69. The van der Waals surface area contributed by atoms with E-state index in [2.05, 4.69) is 45.5 Å². The van der Waals surface area contributed by atoms with Crippen molar-refractivity contribution in [1.82, 2.24) is 15.1 Å². The Hall–Kier alpha value is -1.69. The number of hydrogen-bond donors (Lipinski definition) is 1. The molecule has 1 N–H and O–H groups in total. The normalized spacial score (nSPS) is 17.9. The highest BCUT2D eigenvalue weighted by atomic mass is 32.2. The van der Waals surface area contributed by atoms with Crippen molar-refractivity contribution in [3.8, 4) is 0 Å². The van der Waals surface area contributed by atoms with Crippen LogP contribution in [0, 0.1) is 5.92 Å². The van der Waals surface area contributed by atoms with Gasteiger partial charge >= 0.3 is 0 Å². The van der Waals surface area contributed by atoms with Crippen LogP contribution in [-0.4, -0.2) is 68.2 Å².